The molecule has 2 N–H and O–H groups in total. The third-order valence-corrected chi connectivity index (χ3v) is 0. The van der Waals surface area contributed by atoms with Gasteiger partial charge in [0.1, 0.15) is 0 Å². The number of carboxylic acid groups (broad SMARTS) is 2. The van der Waals surface area contributed by atoms with Gasteiger partial charge < -0.3 is 20.5 Å². The molecule has 0 spiro atoms. The van der Waals surface area contributed by atoms with Crippen LogP contribution in [0.25, 0.3) is 0 Å². The van der Waals surface area contributed by atoms with Gasteiger partial charge in [0.05, 0.1) is 0 Å². The van der Waals surface area contributed by atoms with Crippen LogP contribution in [0.5, 0.6) is 0 Å². The van der Waals surface area contributed by atoms with Gasteiger partial charge in [0.25, 0.3) is 0 Å². The maximum Gasteiger partial charge on any atom is 2.00 e. The minimum atomic E-state index is -2.33. The minimum absolute atomic E-state index is 0. The Kier molecular flexibility index (Phi) is 53.7. The Morgan fingerprint density at radius 2 is 1.29 bits per heavy atom. The Labute approximate surface area is 86.4 Å². The first-order valence-electron chi connectivity index (χ1n) is 0.612. The number of hydrogen-bond donors (Lipinski definition) is 0. The molecule has 0 saturated carbocycles. The Morgan fingerprint density at radius 3 is 1.29 bits per heavy atom. The summed E-state index contributed by atoms with van der Waals surface area (Å²) in [5, 5.41) is 16.7. The second-order valence-electron chi connectivity index (χ2n) is 0.250. The van der Waals surface area contributed by atoms with Crippen LogP contribution in [0.2, 0.25) is 0 Å². The molecule has 0 aliphatic rings. The third kappa shape index (κ3) is 127. The zero-order valence-corrected chi connectivity index (χ0v) is 5.14. The van der Waals surface area contributed by atoms with Crippen LogP contribution in [0.3, 0.4) is 0 Å². The van der Waals surface area contributed by atoms with Crippen molar-refractivity contribution in [1.82, 2.24) is 0 Å². The molecule has 0 fully saturated rings. The predicted molar refractivity (Wildman–Crippen MR) is 23.3 cm³/mol. The molecule has 0 bridgehead atoms. The van der Waals surface area contributed by atoms with Gasteiger partial charge in [0, 0.05) is 0 Å². The molecule has 0 amide bonds. The summed E-state index contributed by atoms with van der Waals surface area (Å²) < 4.78 is 0. The van der Waals surface area contributed by atoms with E-state index in [1.54, 1.807) is 0 Å². The van der Waals surface area contributed by atoms with E-state index in [1.807, 2.05) is 0 Å². The Bertz CT molecular complexity index is 34.7. The van der Waals surface area contributed by atoms with Gasteiger partial charge >= 0.3 is 60.8 Å². The fourth-order valence-corrected chi connectivity index (χ4v) is 0. The molecule has 36 valence electrons. The summed E-state index contributed by atoms with van der Waals surface area (Å²) >= 11 is 0. The monoisotopic (exact) mass is 144 g/mol. The van der Waals surface area contributed by atoms with E-state index in [4.69, 9.17) is 15.0 Å². The summed E-state index contributed by atoms with van der Waals surface area (Å²) in [6.45, 7) is 0. The van der Waals surface area contributed by atoms with E-state index < -0.39 is 6.16 Å². The molecule has 0 atom stereocenters. The van der Waals surface area contributed by atoms with Gasteiger partial charge in [0.2, 0.25) is 0 Å². The van der Waals surface area contributed by atoms with Crippen LogP contribution in [0.4, 0.5) is 4.79 Å². The molecule has 0 aromatic heterocycles. The summed E-state index contributed by atoms with van der Waals surface area (Å²) in [5.41, 5.74) is 0. The molecular weight excluding hydrogens is 140 g/mol. The summed E-state index contributed by atoms with van der Waals surface area (Å²) in [6, 6.07) is 0. The first kappa shape index (κ1) is 24.0. The molecule has 0 unspecified atom stereocenters. The molecule has 6 heteroatoms. The first-order valence-corrected chi connectivity index (χ1v) is 0.612. The summed E-state index contributed by atoms with van der Waals surface area (Å²) in [7, 11) is 0. The normalized spacial score (nSPS) is 3.43. The van der Waals surface area contributed by atoms with E-state index in [2.05, 4.69) is 0 Å². The molecule has 0 aliphatic heterocycles. The maximum absolute atomic E-state index is 8.33. The van der Waals surface area contributed by atoms with Crippen molar-refractivity contribution in [3.8, 4) is 0 Å². The molecule has 0 aromatic rings. The van der Waals surface area contributed by atoms with Crippen LogP contribution in [0.15, 0.2) is 0 Å². The fraction of sp³-hybridized carbons (Fsp3) is 0. The van der Waals surface area contributed by atoms with Crippen molar-refractivity contribution in [1.29, 1.82) is 0 Å². The predicted octanol–water partition coefficient (Wildman–Crippen LogP) is -4.57. The smallest absolute Gasteiger partial charge is 0.652 e. The van der Waals surface area contributed by atoms with Crippen molar-refractivity contribution in [2.45, 2.75) is 0 Å². The average molecular weight is 144 g/mol. The fourth-order valence-electron chi connectivity index (χ4n) is 0. The third-order valence-electron chi connectivity index (χ3n) is 0. The second-order valence-corrected chi connectivity index (χ2v) is 0.250. The molecule has 0 heterocycles. The number of rotatable bonds is 0. The Hall–Kier alpha value is 1.26. The number of carbonyl (C=O) groups excluding carboxylic acids is 1. The molecule has 0 radical (unpaired) electrons. The van der Waals surface area contributed by atoms with Gasteiger partial charge in [-0.2, -0.15) is 0 Å². The van der Waals surface area contributed by atoms with Gasteiger partial charge in [-0.05, 0) is 6.16 Å². The summed E-state index contributed by atoms with van der Waals surface area (Å²) in [5.74, 6) is 0. The van der Waals surface area contributed by atoms with Crippen molar-refractivity contribution in [3.63, 3.8) is 0 Å². The molecular formula is CH4CaMgO4. The van der Waals surface area contributed by atoms with Crippen molar-refractivity contribution in [2.75, 3.05) is 0 Å². The van der Waals surface area contributed by atoms with Crippen LogP contribution in [0.1, 0.15) is 0 Å². The van der Waals surface area contributed by atoms with Crippen LogP contribution in [-0.4, -0.2) is 72.4 Å². The maximum atomic E-state index is 8.33. The largest absolute Gasteiger partial charge is 2.00 e. The molecule has 4 nitrogen and oxygen atoms in total. The molecule has 0 rings (SSSR count). The minimum Gasteiger partial charge on any atom is -0.652 e. The SMILES string of the molecule is O.O=C([O-])[O-].[Ca+2].[MgH2]. The number of carbonyl (C=O) groups is 1. The molecule has 0 aromatic carbocycles. The van der Waals surface area contributed by atoms with E-state index in [0.29, 0.717) is 0 Å². The van der Waals surface area contributed by atoms with E-state index >= 15 is 0 Å². The van der Waals surface area contributed by atoms with E-state index in [9.17, 15) is 0 Å². The summed E-state index contributed by atoms with van der Waals surface area (Å²) in [4.78, 5) is 8.33. The van der Waals surface area contributed by atoms with Gasteiger partial charge in [-0.15, -0.1) is 0 Å². The Balaban J connectivity index is -0.0000000150. The molecule has 7 heavy (non-hydrogen) atoms. The number of hydrogen-bond acceptors (Lipinski definition) is 3. The standard InChI is InChI=1S/CH2O3.Ca.Mg.H2O.2H/c2-1(3)4;;;;;/h(H2,2,3,4);;;1H2;;/q;+2;;;;/p-2. The van der Waals surface area contributed by atoms with Crippen LogP contribution < -0.4 is 10.2 Å². The molecule has 0 saturated heterocycles. The van der Waals surface area contributed by atoms with E-state index in [-0.39, 0.29) is 66.3 Å². The van der Waals surface area contributed by atoms with Crippen molar-refractivity contribution < 1.29 is 20.5 Å². The van der Waals surface area contributed by atoms with E-state index in [0.717, 1.165) is 0 Å². The van der Waals surface area contributed by atoms with Crippen LogP contribution in [-0.2, 0) is 0 Å². The van der Waals surface area contributed by atoms with Crippen molar-refractivity contribution in [3.05, 3.63) is 0 Å². The molecule has 0 aliphatic carbocycles. The van der Waals surface area contributed by atoms with Crippen LogP contribution in [0, 0.1) is 0 Å². The Morgan fingerprint density at radius 1 is 1.29 bits per heavy atom. The van der Waals surface area contributed by atoms with Gasteiger partial charge in [-0.1, -0.05) is 0 Å². The van der Waals surface area contributed by atoms with Crippen molar-refractivity contribution in [2.24, 2.45) is 0 Å². The second kappa shape index (κ2) is 15.7. The van der Waals surface area contributed by atoms with Gasteiger partial charge in [0.15, 0.2) is 0 Å². The van der Waals surface area contributed by atoms with E-state index in [1.165, 1.54) is 0 Å². The first-order chi connectivity index (χ1) is 1.73. The zero-order valence-electron chi connectivity index (χ0n) is 2.93. The van der Waals surface area contributed by atoms with Gasteiger partial charge in [-0.25, -0.2) is 0 Å². The van der Waals surface area contributed by atoms with Gasteiger partial charge in [-0.3, -0.25) is 0 Å². The average Bonchev–Trinajstić information content (AvgIpc) is 0.811. The van der Waals surface area contributed by atoms with Crippen LogP contribution >= 0.6 is 0 Å². The summed E-state index contributed by atoms with van der Waals surface area (Å²) in [6.07, 6.45) is -2.33. The quantitative estimate of drug-likeness (QED) is 0.320. The topological polar surface area (TPSA) is 94.7 Å². The zero-order chi connectivity index (χ0) is 3.58. The van der Waals surface area contributed by atoms with Crippen molar-refractivity contribution >= 4 is 66.9 Å².